The van der Waals surface area contributed by atoms with E-state index in [1.54, 1.807) is 17.8 Å². The van der Waals surface area contributed by atoms with Crippen LogP contribution in [0.3, 0.4) is 0 Å². The molecule has 0 radical (unpaired) electrons. The minimum Gasteiger partial charge on any atom is -0.395 e. The summed E-state index contributed by atoms with van der Waals surface area (Å²) in [6.07, 6.45) is 3.36. The van der Waals surface area contributed by atoms with E-state index in [-0.39, 0.29) is 11.4 Å². The number of thioether (sulfide) groups is 1. The molecule has 1 saturated carbocycles. The van der Waals surface area contributed by atoms with Crippen molar-refractivity contribution in [2.75, 3.05) is 6.61 Å². The van der Waals surface area contributed by atoms with E-state index in [0.717, 1.165) is 17.7 Å². The van der Waals surface area contributed by atoms with Gasteiger partial charge in [0.05, 0.1) is 16.7 Å². The van der Waals surface area contributed by atoms with Gasteiger partial charge in [0.25, 0.3) is 0 Å². The molecular weight excluding hydrogens is 251 g/mol. The monoisotopic (exact) mass is 262 g/mol. The van der Waals surface area contributed by atoms with Gasteiger partial charge in [-0.3, -0.25) is 0 Å². The van der Waals surface area contributed by atoms with E-state index >= 15 is 0 Å². The van der Waals surface area contributed by atoms with Gasteiger partial charge in [0.2, 0.25) is 0 Å². The maximum atomic E-state index is 9.34. The number of hydrogen-bond donors (Lipinski definition) is 1. The predicted molar refractivity (Wildman–Crippen MR) is 66.0 cm³/mol. The maximum Gasteiger partial charge on any atom is 0.0603 e. The van der Waals surface area contributed by atoms with E-state index in [1.807, 2.05) is 12.1 Å². The lowest BCUT2D eigenvalue weighted by Gasteiger charge is -2.39. The van der Waals surface area contributed by atoms with Crippen molar-refractivity contribution in [1.29, 1.82) is 0 Å². The van der Waals surface area contributed by atoms with Crippen LogP contribution < -0.4 is 0 Å². The Kier molecular flexibility index (Phi) is 3.51. The number of hydrogen-bond acceptors (Lipinski definition) is 2. The first kappa shape index (κ1) is 11.6. The fraction of sp³-hybridized carbons (Fsp3) is 0.455. The van der Waals surface area contributed by atoms with Gasteiger partial charge in [-0.25, -0.2) is 0 Å². The van der Waals surface area contributed by atoms with Gasteiger partial charge in [-0.15, -0.1) is 11.8 Å². The fourth-order valence-corrected chi connectivity index (χ4v) is 3.39. The Labute approximate surface area is 104 Å². The van der Waals surface area contributed by atoms with Gasteiger partial charge in [0.15, 0.2) is 0 Å². The highest BCUT2D eigenvalue weighted by Crippen LogP contribution is 2.47. The van der Waals surface area contributed by atoms with Gasteiger partial charge >= 0.3 is 0 Å². The number of aliphatic hydroxyl groups is 1. The molecule has 15 heavy (non-hydrogen) atoms. The second-order valence-electron chi connectivity index (χ2n) is 3.87. The van der Waals surface area contributed by atoms with Gasteiger partial charge in [0, 0.05) is 9.64 Å². The summed E-state index contributed by atoms with van der Waals surface area (Å²) in [5.74, 6) is 0. The molecule has 1 aromatic carbocycles. The van der Waals surface area contributed by atoms with E-state index in [2.05, 4.69) is 0 Å². The van der Waals surface area contributed by atoms with E-state index in [9.17, 15) is 5.11 Å². The Morgan fingerprint density at radius 1 is 1.27 bits per heavy atom. The van der Waals surface area contributed by atoms with Crippen molar-refractivity contribution in [3.8, 4) is 0 Å². The van der Waals surface area contributed by atoms with Crippen LogP contribution in [-0.2, 0) is 0 Å². The zero-order valence-electron chi connectivity index (χ0n) is 8.17. The zero-order chi connectivity index (χ0) is 10.9. The van der Waals surface area contributed by atoms with E-state index in [0.29, 0.717) is 10.0 Å². The van der Waals surface area contributed by atoms with Crippen LogP contribution in [-0.4, -0.2) is 16.5 Å². The molecule has 4 heteroatoms. The summed E-state index contributed by atoms with van der Waals surface area (Å²) in [5, 5.41) is 10.5. The number of aliphatic hydroxyl groups excluding tert-OH is 1. The van der Waals surface area contributed by atoms with Crippen LogP contribution >= 0.6 is 35.0 Å². The van der Waals surface area contributed by atoms with Gasteiger partial charge in [-0.05, 0) is 31.0 Å². The summed E-state index contributed by atoms with van der Waals surface area (Å²) in [4.78, 5) is 1.08. The molecule has 0 spiro atoms. The Hall–Kier alpha value is 0.110. The number of benzene rings is 1. The van der Waals surface area contributed by atoms with Crippen LogP contribution in [0.4, 0.5) is 0 Å². The van der Waals surface area contributed by atoms with Crippen molar-refractivity contribution >= 4 is 35.0 Å². The molecule has 0 aromatic heterocycles. The molecule has 1 aliphatic rings. The molecule has 1 aliphatic carbocycles. The highest BCUT2D eigenvalue weighted by molar-refractivity contribution is 8.00. The summed E-state index contributed by atoms with van der Waals surface area (Å²) >= 11 is 13.5. The Morgan fingerprint density at radius 2 is 2.00 bits per heavy atom. The van der Waals surface area contributed by atoms with E-state index in [4.69, 9.17) is 23.2 Å². The molecule has 1 nitrogen and oxygen atoms in total. The van der Waals surface area contributed by atoms with Gasteiger partial charge in [-0.2, -0.15) is 0 Å². The Bertz CT molecular complexity index is 358. The molecule has 0 amide bonds. The third kappa shape index (κ3) is 2.44. The minimum atomic E-state index is 0.0250. The van der Waals surface area contributed by atoms with Crippen molar-refractivity contribution < 1.29 is 5.11 Å². The van der Waals surface area contributed by atoms with Crippen LogP contribution in [0.15, 0.2) is 23.1 Å². The van der Waals surface area contributed by atoms with Crippen LogP contribution in [0.1, 0.15) is 19.3 Å². The second kappa shape index (κ2) is 4.54. The molecular formula is C11H12Cl2OS. The van der Waals surface area contributed by atoms with Crippen LogP contribution in [0.25, 0.3) is 0 Å². The Balaban J connectivity index is 2.13. The highest BCUT2D eigenvalue weighted by Gasteiger charge is 2.37. The molecule has 0 atom stereocenters. The summed E-state index contributed by atoms with van der Waals surface area (Å²) in [6.45, 7) is 0.234. The maximum absolute atomic E-state index is 9.34. The standard InChI is InChI=1S/C11H12Cl2OS/c12-9-3-2-8(6-10(9)13)15-11(7-14)4-1-5-11/h2-3,6,14H,1,4-5,7H2. The smallest absolute Gasteiger partial charge is 0.0603 e. The van der Waals surface area contributed by atoms with Crippen molar-refractivity contribution in [2.45, 2.75) is 28.9 Å². The van der Waals surface area contributed by atoms with Crippen molar-refractivity contribution in [3.05, 3.63) is 28.2 Å². The molecule has 2 rings (SSSR count). The average Bonchev–Trinajstić information content (AvgIpc) is 2.17. The summed E-state index contributed by atoms with van der Waals surface area (Å²) in [6, 6.07) is 5.62. The summed E-state index contributed by atoms with van der Waals surface area (Å²) in [7, 11) is 0. The van der Waals surface area contributed by atoms with E-state index < -0.39 is 0 Å². The average molecular weight is 263 g/mol. The lowest BCUT2D eigenvalue weighted by Crippen LogP contribution is -2.37. The zero-order valence-corrected chi connectivity index (χ0v) is 10.5. The SMILES string of the molecule is OCC1(Sc2ccc(Cl)c(Cl)c2)CCC1. The van der Waals surface area contributed by atoms with Gasteiger partial charge in [-0.1, -0.05) is 29.6 Å². The topological polar surface area (TPSA) is 20.2 Å². The van der Waals surface area contributed by atoms with Crippen LogP contribution in [0.5, 0.6) is 0 Å². The van der Waals surface area contributed by atoms with Gasteiger partial charge in [0.1, 0.15) is 0 Å². The lowest BCUT2D eigenvalue weighted by atomic mass is 9.85. The van der Waals surface area contributed by atoms with Crippen LogP contribution in [0, 0.1) is 0 Å². The fourth-order valence-electron chi connectivity index (χ4n) is 1.65. The van der Waals surface area contributed by atoms with Crippen molar-refractivity contribution in [3.63, 3.8) is 0 Å². The van der Waals surface area contributed by atoms with Crippen molar-refractivity contribution in [1.82, 2.24) is 0 Å². The molecule has 0 bridgehead atoms. The normalized spacial score (nSPS) is 18.6. The molecule has 1 aromatic rings. The first-order valence-electron chi connectivity index (χ1n) is 4.90. The highest BCUT2D eigenvalue weighted by atomic mass is 35.5. The Morgan fingerprint density at radius 3 is 2.47 bits per heavy atom. The first-order valence-corrected chi connectivity index (χ1v) is 6.47. The van der Waals surface area contributed by atoms with Gasteiger partial charge < -0.3 is 5.11 Å². The van der Waals surface area contributed by atoms with E-state index in [1.165, 1.54) is 6.42 Å². The molecule has 0 aliphatic heterocycles. The summed E-state index contributed by atoms with van der Waals surface area (Å²) in [5.41, 5.74) is 0. The predicted octanol–water partition coefficient (Wildman–Crippen LogP) is 4.00. The van der Waals surface area contributed by atoms with Crippen molar-refractivity contribution in [2.24, 2.45) is 0 Å². The molecule has 1 fully saturated rings. The lowest BCUT2D eigenvalue weighted by molar-refractivity contribution is 0.191. The quantitative estimate of drug-likeness (QED) is 0.889. The first-order chi connectivity index (χ1) is 7.15. The largest absolute Gasteiger partial charge is 0.395 e. The second-order valence-corrected chi connectivity index (χ2v) is 6.23. The molecule has 0 heterocycles. The number of halogens is 2. The third-order valence-electron chi connectivity index (χ3n) is 2.78. The number of rotatable bonds is 3. The molecule has 1 N–H and O–H groups in total. The van der Waals surface area contributed by atoms with Crippen LogP contribution in [0.2, 0.25) is 10.0 Å². The molecule has 0 unspecified atom stereocenters. The summed E-state index contributed by atoms with van der Waals surface area (Å²) < 4.78 is 0.0250. The molecule has 82 valence electrons. The third-order valence-corrected chi connectivity index (χ3v) is 4.98. The minimum absolute atomic E-state index is 0.0250. The molecule has 0 saturated heterocycles.